The van der Waals surface area contributed by atoms with Gasteiger partial charge in [-0.2, -0.15) is 45.2 Å². The number of hydrogen-bond acceptors (Lipinski definition) is 4. The van der Waals surface area contributed by atoms with E-state index < -0.39 is 35.4 Å². The first-order valence-electron chi connectivity index (χ1n) is 8.39. The van der Waals surface area contributed by atoms with Crippen molar-refractivity contribution in [2.75, 3.05) is 0 Å². The molecule has 0 aliphatic heterocycles. The van der Waals surface area contributed by atoms with Crippen LogP contribution in [0, 0.1) is 6.92 Å². The quantitative estimate of drug-likeness (QED) is 0.480. The van der Waals surface area contributed by atoms with Gasteiger partial charge in [0.1, 0.15) is 5.69 Å². The van der Waals surface area contributed by atoms with E-state index in [0.717, 1.165) is 31.3 Å². The van der Waals surface area contributed by atoms with Gasteiger partial charge < -0.3 is 4.74 Å². The van der Waals surface area contributed by atoms with Crippen molar-refractivity contribution in [3.63, 3.8) is 0 Å². The topological polar surface area (TPSA) is 52.8 Å². The summed E-state index contributed by atoms with van der Waals surface area (Å²) in [6, 6.07) is 5.61. The average Bonchev–Trinajstić information content (AvgIpc) is 3.01. The van der Waals surface area contributed by atoms with Crippen molar-refractivity contribution in [3.05, 3.63) is 53.3 Å². The van der Waals surface area contributed by atoms with Gasteiger partial charge in [0.25, 0.3) is 0 Å². The molecule has 166 valence electrons. The van der Waals surface area contributed by atoms with Crippen LogP contribution in [-0.4, -0.2) is 25.9 Å². The summed E-state index contributed by atoms with van der Waals surface area (Å²) in [5.41, 5.74) is -1.93. The molecule has 3 aromatic rings. The molecule has 0 aliphatic rings. The number of halogens is 8. The van der Waals surface area contributed by atoms with Crippen LogP contribution < -0.4 is 4.74 Å². The summed E-state index contributed by atoms with van der Waals surface area (Å²) >= 11 is 0. The first kappa shape index (κ1) is 22.4. The fourth-order valence-electron chi connectivity index (χ4n) is 2.48. The fraction of sp³-hybridized carbons (Fsp3) is 0.278. The Bertz CT molecular complexity index is 1090. The second-order valence-corrected chi connectivity index (χ2v) is 6.41. The van der Waals surface area contributed by atoms with Gasteiger partial charge in [-0.05, 0) is 19.1 Å². The maximum absolute atomic E-state index is 13.5. The molecule has 5 nitrogen and oxygen atoms in total. The third kappa shape index (κ3) is 4.59. The normalized spacial score (nSPS) is 12.8. The third-order valence-corrected chi connectivity index (χ3v) is 4.02. The van der Waals surface area contributed by atoms with Gasteiger partial charge in [0.15, 0.2) is 5.82 Å². The molecule has 0 unspecified atom stereocenters. The van der Waals surface area contributed by atoms with Crippen molar-refractivity contribution < 1.29 is 39.9 Å². The molecule has 0 amide bonds. The highest BCUT2D eigenvalue weighted by Crippen LogP contribution is 2.44. The van der Waals surface area contributed by atoms with E-state index in [1.165, 1.54) is 13.0 Å². The van der Waals surface area contributed by atoms with Crippen molar-refractivity contribution in [1.82, 2.24) is 19.7 Å². The Kier molecular flexibility index (Phi) is 5.40. The van der Waals surface area contributed by atoms with E-state index in [0.29, 0.717) is 16.4 Å². The summed E-state index contributed by atoms with van der Waals surface area (Å²) < 4.78 is 109. The minimum absolute atomic E-state index is 0.0354. The van der Waals surface area contributed by atoms with Gasteiger partial charge in [0.05, 0.1) is 5.56 Å². The molecule has 0 atom stereocenters. The summed E-state index contributed by atoms with van der Waals surface area (Å²) in [4.78, 5) is 8.06. The van der Waals surface area contributed by atoms with Crippen LogP contribution in [0.25, 0.3) is 11.4 Å². The molecule has 0 saturated heterocycles. The summed E-state index contributed by atoms with van der Waals surface area (Å²) in [6.45, 7) is 1.51. The summed E-state index contributed by atoms with van der Waals surface area (Å²) in [5.74, 6) is -5.92. The predicted octanol–water partition coefficient (Wildman–Crippen LogP) is 5.65. The van der Waals surface area contributed by atoms with Gasteiger partial charge in [-0.15, -0.1) is 0 Å². The summed E-state index contributed by atoms with van der Waals surface area (Å²) in [6.07, 6.45) is -10.4. The predicted molar refractivity (Wildman–Crippen MR) is 90.4 cm³/mol. The number of rotatable bonds is 4. The molecule has 0 fully saturated rings. The lowest BCUT2D eigenvalue weighted by Gasteiger charge is -2.16. The van der Waals surface area contributed by atoms with E-state index in [4.69, 9.17) is 4.74 Å². The van der Waals surface area contributed by atoms with Crippen LogP contribution in [-0.2, 0) is 19.1 Å². The SMILES string of the molecule is Cc1cc(Oc2cc(C(F)(F)C(F)(F)F)nn2C)nc(-c2ccc(C(F)(F)F)cc2)n1. The lowest BCUT2D eigenvalue weighted by molar-refractivity contribution is -0.291. The number of aryl methyl sites for hydroxylation is 2. The number of aromatic nitrogens is 4. The van der Waals surface area contributed by atoms with Crippen LogP contribution in [0.15, 0.2) is 36.4 Å². The summed E-state index contributed by atoms with van der Waals surface area (Å²) in [5, 5.41) is 3.15. The van der Waals surface area contributed by atoms with Crippen LogP contribution in [0.2, 0.25) is 0 Å². The molecule has 13 heteroatoms. The van der Waals surface area contributed by atoms with E-state index >= 15 is 0 Å². The number of alkyl halides is 8. The molecule has 0 spiro atoms. The van der Waals surface area contributed by atoms with Crippen LogP contribution in [0.5, 0.6) is 11.8 Å². The highest BCUT2D eigenvalue weighted by atomic mass is 19.4. The minimum Gasteiger partial charge on any atom is -0.421 e. The Morgan fingerprint density at radius 1 is 0.871 bits per heavy atom. The highest BCUT2D eigenvalue weighted by Gasteiger charge is 2.60. The molecule has 1 aromatic carbocycles. The van der Waals surface area contributed by atoms with Crippen molar-refractivity contribution >= 4 is 0 Å². The number of hydrogen-bond donors (Lipinski definition) is 0. The largest absolute Gasteiger partial charge is 0.459 e. The van der Waals surface area contributed by atoms with Crippen molar-refractivity contribution in [2.45, 2.75) is 25.2 Å². The minimum atomic E-state index is -5.85. The lowest BCUT2D eigenvalue weighted by atomic mass is 10.1. The van der Waals surface area contributed by atoms with Gasteiger partial charge >= 0.3 is 18.3 Å². The van der Waals surface area contributed by atoms with E-state index in [9.17, 15) is 35.1 Å². The Morgan fingerprint density at radius 3 is 2.03 bits per heavy atom. The van der Waals surface area contributed by atoms with E-state index in [1.54, 1.807) is 0 Å². The molecule has 2 heterocycles. The Hall–Kier alpha value is -3.25. The molecule has 0 radical (unpaired) electrons. The smallest absolute Gasteiger partial charge is 0.421 e. The third-order valence-electron chi connectivity index (χ3n) is 4.02. The van der Waals surface area contributed by atoms with Crippen molar-refractivity contribution in [1.29, 1.82) is 0 Å². The van der Waals surface area contributed by atoms with Gasteiger partial charge in [0, 0.05) is 30.4 Å². The highest BCUT2D eigenvalue weighted by molar-refractivity contribution is 5.56. The van der Waals surface area contributed by atoms with Gasteiger partial charge in [0.2, 0.25) is 11.8 Å². The average molecular weight is 452 g/mol. The molecule has 0 aliphatic carbocycles. The number of nitrogens with zero attached hydrogens (tertiary/aromatic N) is 4. The standard InChI is InChI=1S/C18H12F8N4O/c1-9-7-13(28-15(27-9)10-3-5-11(6-4-10)17(21,22)23)31-14-8-12(29-30(14)2)16(19,20)18(24,25)26/h3-8H,1-2H3. The van der Waals surface area contributed by atoms with Crippen molar-refractivity contribution in [3.8, 4) is 23.1 Å². The molecular formula is C18H12F8N4O. The molecule has 0 N–H and O–H groups in total. The number of benzene rings is 1. The van der Waals surface area contributed by atoms with E-state index in [2.05, 4.69) is 15.1 Å². The Balaban J connectivity index is 1.92. The molecule has 0 bridgehead atoms. The van der Waals surface area contributed by atoms with Gasteiger partial charge in [-0.3, -0.25) is 0 Å². The first-order chi connectivity index (χ1) is 14.2. The van der Waals surface area contributed by atoms with Crippen LogP contribution in [0.1, 0.15) is 17.0 Å². The van der Waals surface area contributed by atoms with E-state index in [-0.39, 0.29) is 17.3 Å². The molecule has 31 heavy (non-hydrogen) atoms. The zero-order valence-electron chi connectivity index (χ0n) is 15.7. The lowest BCUT2D eigenvalue weighted by Crippen LogP contribution is -2.34. The van der Waals surface area contributed by atoms with E-state index in [1.807, 2.05) is 0 Å². The van der Waals surface area contributed by atoms with Crippen LogP contribution >= 0.6 is 0 Å². The van der Waals surface area contributed by atoms with Crippen LogP contribution in [0.3, 0.4) is 0 Å². The van der Waals surface area contributed by atoms with Gasteiger partial charge in [-0.1, -0.05) is 12.1 Å². The second kappa shape index (κ2) is 7.46. The monoisotopic (exact) mass is 452 g/mol. The van der Waals surface area contributed by atoms with Crippen LogP contribution in [0.4, 0.5) is 35.1 Å². The maximum Gasteiger partial charge on any atom is 0.459 e. The Labute approximate surface area is 169 Å². The number of ether oxygens (including phenoxy) is 1. The molecule has 3 rings (SSSR count). The fourth-order valence-corrected chi connectivity index (χ4v) is 2.48. The Morgan fingerprint density at radius 2 is 1.48 bits per heavy atom. The van der Waals surface area contributed by atoms with Gasteiger partial charge in [-0.25, -0.2) is 9.67 Å². The zero-order chi connectivity index (χ0) is 23.2. The van der Waals surface area contributed by atoms with Crippen molar-refractivity contribution in [2.24, 2.45) is 7.05 Å². The second-order valence-electron chi connectivity index (χ2n) is 6.41. The molecular weight excluding hydrogens is 440 g/mol. The molecule has 2 aromatic heterocycles. The first-order valence-corrected chi connectivity index (χ1v) is 8.39. The summed E-state index contributed by atoms with van der Waals surface area (Å²) in [7, 11) is 1.09. The zero-order valence-corrected chi connectivity index (χ0v) is 15.7. The molecule has 0 saturated carbocycles. The maximum atomic E-state index is 13.5.